The zero-order valence-electron chi connectivity index (χ0n) is 6.01. The van der Waals surface area contributed by atoms with Gasteiger partial charge in [-0.2, -0.15) is 0 Å². The van der Waals surface area contributed by atoms with Crippen LogP contribution < -0.4 is 5.32 Å². The number of allylic oxidation sites excluding steroid dienone is 2. The molecule has 0 spiro atoms. The summed E-state index contributed by atoms with van der Waals surface area (Å²) >= 11 is 0. The van der Waals surface area contributed by atoms with Gasteiger partial charge in [0, 0.05) is 12.0 Å². The van der Waals surface area contributed by atoms with Gasteiger partial charge in [0.05, 0.1) is 6.20 Å². The number of hydrogen-bond acceptors (Lipinski definition) is 1. The summed E-state index contributed by atoms with van der Waals surface area (Å²) in [4.78, 5) is 0. The van der Waals surface area contributed by atoms with Gasteiger partial charge in [0.25, 0.3) is 0 Å². The normalized spacial score (nSPS) is 36.8. The molecule has 0 fully saturated rings. The van der Waals surface area contributed by atoms with Gasteiger partial charge in [-0.25, -0.2) is 0 Å². The Morgan fingerprint density at radius 3 is 3.40 bits per heavy atom. The molecule has 1 aliphatic heterocycles. The Labute approximate surface area is 61.8 Å². The van der Waals surface area contributed by atoms with Crippen LogP contribution in [0.5, 0.6) is 0 Å². The van der Waals surface area contributed by atoms with Crippen LogP contribution in [0, 0.1) is 12.1 Å². The van der Waals surface area contributed by atoms with Crippen LogP contribution in [0.2, 0.25) is 0 Å². The molecular formula is C9H12N. The topological polar surface area (TPSA) is 12.0 Å². The molecule has 1 heteroatoms. The fraction of sp³-hybridized carbons (Fsp3) is 0.556. The summed E-state index contributed by atoms with van der Waals surface area (Å²) < 4.78 is 0. The molecule has 2 rings (SSSR count). The summed E-state index contributed by atoms with van der Waals surface area (Å²) in [6, 6.07) is 0.676. The van der Waals surface area contributed by atoms with Crippen LogP contribution in [-0.4, -0.2) is 6.04 Å². The molecule has 1 heterocycles. The van der Waals surface area contributed by atoms with Crippen molar-refractivity contribution in [1.82, 2.24) is 5.32 Å². The molecule has 53 valence electrons. The highest BCUT2D eigenvalue weighted by Crippen LogP contribution is 2.23. The van der Waals surface area contributed by atoms with Crippen molar-refractivity contribution in [2.24, 2.45) is 5.92 Å². The molecule has 0 bridgehead atoms. The van der Waals surface area contributed by atoms with Gasteiger partial charge in [0.2, 0.25) is 0 Å². The molecule has 2 aliphatic rings. The minimum atomic E-state index is 0.676. The van der Waals surface area contributed by atoms with E-state index >= 15 is 0 Å². The third-order valence-electron chi connectivity index (χ3n) is 2.31. The Hall–Kier alpha value is -0.720. The van der Waals surface area contributed by atoms with Crippen LogP contribution in [0.25, 0.3) is 0 Å². The molecule has 0 aromatic rings. The maximum absolute atomic E-state index is 3.26. The molecule has 0 amide bonds. The van der Waals surface area contributed by atoms with Gasteiger partial charge in [-0.1, -0.05) is 18.2 Å². The molecule has 0 saturated heterocycles. The van der Waals surface area contributed by atoms with Crippen molar-refractivity contribution in [1.29, 1.82) is 0 Å². The Morgan fingerprint density at radius 2 is 2.50 bits per heavy atom. The standard InChI is InChI=1S/C9H12N/c1-2-6-9-8(4-1)5-3-7-10-9/h1,3-4,8-10H,2,5-6H2. The first-order chi connectivity index (χ1) is 4.97. The molecule has 1 aliphatic carbocycles. The van der Waals surface area contributed by atoms with E-state index in [0.717, 1.165) is 5.92 Å². The average Bonchev–Trinajstić information content (AvgIpc) is 2.05. The predicted molar refractivity (Wildman–Crippen MR) is 41.2 cm³/mol. The molecule has 1 radical (unpaired) electrons. The van der Waals surface area contributed by atoms with E-state index in [1.54, 1.807) is 0 Å². The second-order valence-electron chi connectivity index (χ2n) is 3.00. The van der Waals surface area contributed by atoms with E-state index in [0.29, 0.717) is 6.04 Å². The second kappa shape index (κ2) is 2.49. The van der Waals surface area contributed by atoms with Crippen LogP contribution in [0.15, 0.2) is 18.2 Å². The first kappa shape index (κ1) is 6.02. The van der Waals surface area contributed by atoms with E-state index in [-0.39, 0.29) is 0 Å². The Bertz CT molecular complexity index is 170. The maximum Gasteiger partial charge on any atom is 0.0534 e. The fourth-order valence-corrected chi connectivity index (χ4v) is 1.68. The average molecular weight is 134 g/mol. The zero-order valence-corrected chi connectivity index (χ0v) is 6.01. The highest BCUT2D eigenvalue weighted by molar-refractivity contribution is 5.05. The molecule has 1 N–H and O–H groups in total. The first-order valence-electron chi connectivity index (χ1n) is 3.96. The Morgan fingerprint density at radius 1 is 1.50 bits per heavy atom. The third-order valence-corrected chi connectivity index (χ3v) is 2.31. The van der Waals surface area contributed by atoms with Crippen molar-refractivity contribution < 1.29 is 0 Å². The lowest BCUT2D eigenvalue weighted by molar-refractivity contribution is 0.389. The zero-order chi connectivity index (χ0) is 6.81. The van der Waals surface area contributed by atoms with Crippen LogP contribution in [0.4, 0.5) is 0 Å². The van der Waals surface area contributed by atoms with Crippen molar-refractivity contribution in [2.45, 2.75) is 25.3 Å². The number of fused-ring (bicyclic) bond motifs is 1. The molecule has 0 aromatic heterocycles. The van der Waals surface area contributed by atoms with Crippen LogP contribution in [-0.2, 0) is 0 Å². The molecule has 2 atom stereocenters. The van der Waals surface area contributed by atoms with E-state index in [1.165, 1.54) is 19.3 Å². The quantitative estimate of drug-likeness (QED) is 0.496. The van der Waals surface area contributed by atoms with Crippen LogP contribution in [0.1, 0.15) is 19.3 Å². The van der Waals surface area contributed by atoms with Gasteiger partial charge in [0.1, 0.15) is 0 Å². The van der Waals surface area contributed by atoms with Crippen molar-refractivity contribution in [3.8, 4) is 0 Å². The van der Waals surface area contributed by atoms with E-state index in [2.05, 4.69) is 29.7 Å². The summed E-state index contributed by atoms with van der Waals surface area (Å²) in [5.74, 6) is 0.745. The SMILES string of the molecule is [C]1=CCC2C=CCCC2N1. The number of nitrogens with one attached hydrogen (secondary N) is 1. The van der Waals surface area contributed by atoms with Gasteiger partial charge in [-0.3, -0.25) is 0 Å². The largest absolute Gasteiger partial charge is 0.380 e. The molecule has 0 aromatic carbocycles. The van der Waals surface area contributed by atoms with Gasteiger partial charge >= 0.3 is 0 Å². The van der Waals surface area contributed by atoms with Gasteiger partial charge in [-0.05, 0) is 19.3 Å². The highest BCUT2D eigenvalue weighted by atomic mass is 14.9. The predicted octanol–water partition coefficient (Wildman–Crippen LogP) is 1.63. The monoisotopic (exact) mass is 134 g/mol. The van der Waals surface area contributed by atoms with Gasteiger partial charge in [-0.15, -0.1) is 0 Å². The molecule has 2 unspecified atom stereocenters. The minimum Gasteiger partial charge on any atom is -0.380 e. The summed E-state index contributed by atoms with van der Waals surface area (Å²) in [5.41, 5.74) is 0. The maximum atomic E-state index is 3.26. The van der Waals surface area contributed by atoms with Crippen molar-refractivity contribution in [3.05, 3.63) is 24.4 Å². The number of rotatable bonds is 0. The van der Waals surface area contributed by atoms with Crippen molar-refractivity contribution in [2.75, 3.05) is 0 Å². The molecule has 1 nitrogen and oxygen atoms in total. The molecule has 0 saturated carbocycles. The molecular weight excluding hydrogens is 122 g/mol. The van der Waals surface area contributed by atoms with E-state index in [1.807, 2.05) is 0 Å². The van der Waals surface area contributed by atoms with Crippen molar-refractivity contribution >= 4 is 0 Å². The Balaban J connectivity index is 2.12. The second-order valence-corrected chi connectivity index (χ2v) is 3.00. The fourth-order valence-electron chi connectivity index (χ4n) is 1.68. The van der Waals surface area contributed by atoms with E-state index < -0.39 is 0 Å². The summed E-state index contributed by atoms with van der Waals surface area (Å²) in [6.45, 7) is 0. The lowest BCUT2D eigenvalue weighted by Gasteiger charge is -2.29. The highest BCUT2D eigenvalue weighted by Gasteiger charge is 2.21. The lowest BCUT2D eigenvalue weighted by atomic mass is 9.86. The van der Waals surface area contributed by atoms with Crippen LogP contribution in [0.3, 0.4) is 0 Å². The third kappa shape index (κ3) is 0.962. The molecule has 10 heavy (non-hydrogen) atoms. The van der Waals surface area contributed by atoms with E-state index in [9.17, 15) is 0 Å². The number of hydrogen-bond donors (Lipinski definition) is 1. The summed E-state index contributed by atoms with van der Waals surface area (Å²) in [6.07, 6.45) is 13.5. The van der Waals surface area contributed by atoms with E-state index in [4.69, 9.17) is 0 Å². The summed E-state index contributed by atoms with van der Waals surface area (Å²) in [5, 5.41) is 3.26. The Kier molecular flexibility index (Phi) is 1.50. The smallest absolute Gasteiger partial charge is 0.0534 e. The minimum absolute atomic E-state index is 0.676. The van der Waals surface area contributed by atoms with Crippen molar-refractivity contribution in [3.63, 3.8) is 0 Å². The van der Waals surface area contributed by atoms with Gasteiger partial charge < -0.3 is 5.32 Å². The van der Waals surface area contributed by atoms with Crippen LogP contribution >= 0.6 is 0 Å². The van der Waals surface area contributed by atoms with Gasteiger partial charge in [0.15, 0.2) is 0 Å². The first-order valence-corrected chi connectivity index (χ1v) is 3.96. The summed E-state index contributed by atoms with van der Waals surface area (Å²) in [7, 11) is 0. The lowest BCUT2D eigenvalue weighted by Crippen LogP contribution is -2.36.